The summed E-state index contributed by atoms with van der Waals surface area (Å²) in [5, 5.41) is 10.8. The number of nitrogens with zero attached hydrogens (tertiary/aromatic N) is 2. The maximum Gasteiger partial charge on any atom is 4.00 e. The molecule has 2 aliphatic carbocycles. The number of aryl methyl sites for hydroxylation is 2. The van der Waals surface area contributed by atoms with Crippen LogP contribution in [0.5, 0.6) is 0 Å². The molecule has 2 aliphatic rings. The number of benzene rings is 5. The normalized spacial score (nSPS) is 16.5. The molecule has 0 fully saturated rings. The Morgan fingerprint density at radius 3 is 1.69 bits per heavy atom. The molecular weight excluding hydrogens is 588 g/mol. The Bertz CT molecular complexity index is 1510. The van der Waals surface area contributed by atoms with Gasteiger partial charge in [0.2, 0.25) is 0 Å². The molecule has 0 aromatic heterocycles. The standard InChI is InChI=1S/C25H26.2C7H8N.Zr/c1-25(2,22-15-13-17-7-3-5-9-20(17)22)23-16-14-19-12-11-18-8-4-6-10-21(18)24(19)23;2*1-8-7-5-3-2-4-6-7;/h3-12,22-23H,13-16H2,1-2H3;2*2-6H,1H3;/q;2*-1;+4. The molecule has 0 bridgehead atoms. The molecule has 210 valence electrons. The smallest absolute Gasteiger partial charge is 0.687 e. The van der Waals surface area contributed by atoms with Gasteiger partial charge in [-0.05, 0) is 76.0 Å². The van der Waals surface area contributed by atoms with Gasteiger partial charge in [-0.3, -0.25) is 0 Å². The first kappa shape index (κ1) is 31.8. The van der Waals surface area contributed by atoms with E-state index in [4.69, 9.17) is 0 Å². The van der Waals surface area contributed by atoms with E-state index < -0.39 is 0 Å². The number of hydrogen-bond acceptors (Lipinski definition) is 0. The van der Waals surface area contributed by atoms with Crippen molar-refractivity contribution in [3.63, 3.8) is 0 Å². The number of fused-ring (bicyclic) bond motifs is 4. The second-order valence-electron chi connectivity index (χ2n) is 11.7. The molecule has 2 unspecified atom stereocenters. The Morgan fingerprint density at radius 1 is 0.548 bits per heavy atom. The third-order valence-electron chi connectivity index (χ3n) is 9.07. The Kier molecular flexibility index (Phi) is 11.2. The van der Waals surface area contributed by atoms with Crippen molar-refractivity contribution < 1.29 is 26.2 Å². The Morgan fingerprint density at radius 2 is 1.07 bits per heavy atom. The van der Waals surface area contributed by atoms with Crippen molar-refractivity contribution in [1.29, 1.82) is 0 Å². The SMILES string of the molecule is CC(C)(C1CCc2ccccc21)C1CCc2ccc3ccccc3c21.C[N-]c1ccccc1.C[N-]c1ccccc1.[Zr+4]. The Balaban J connectivity index is 0.000000196. The summed E-state index contributed by atoms with van der Waals surface area (Å²) in [6, 6.07) is 42.6. The van der Waals surface area contributed by atoms with Gasteiger partial charge in [0.25, 0.3) is 0 Å². The van der Waals surface area contributed by atoms with Gasteiger partial charge in [-0.1, -0.05) is 135 Å². The van der Waals surface area contributed by atoms with Crippen LogP contribution in [0.3, 0.4) is 0 Å². The van der Waals surface area contributed by atoms with Crippen LogP contribution in [0.4, 0.5) is 11.4 Å². The minimum absolute atomic E-state index is 0. The summed E-state index contributed by atoms with van der Waals surface area (Å²) >= 11 is 0. The molecule has 7 rings (SSSR count). The Labute approximate surface area is 272 Å². The van der Waals surface area contributed by atoms with Crippen LogP contribution >= 0.6 is 0 Å². The predicted octanol–water partition coefficient (Wildman–Crippen LogP) is 11.3. The summed E-state index contributed by atoms with van der Waals surface area (Å²) in [5.41, 5.74) is 8.79. The molecule has 5 aromatic carbocycles. The summed E-state index contributed by atoms with van der Waals surface area (Å²) in [6.45, 7) is 5.06. The summed E-state index contributed by atoms with van der Waals surface area (Å²) < 4.78 is 0. The average Bonchev–Trinajstić information content (AvgIpc) is 3.69. The van der Waals surface area contributed by atoms with Gasteiger partial charge < -0.3 is 10.6 Å². The second-order valence-corrected chi connectivity index (χ2v) is 11.7. The molecule has 0 heterocycles. The summed E-state index contributed by atoms with van der Waals surface area (Å²) in [7, 11) is 3.57. The van der Waals surface area contributed by atoms with E-state index in [1.165, 1.54) is 36.5 Å². The van der Waals surface area contributed by atoms with E-state index in [9.17, 15) is 0 Å². The molecule has 3 heteroatoms. The van der Waals surface area contributed by atoms with Gasteiger partial charge in [-0.25, -0.2) is 0 Å². The monoisotopic (exact) mass is 628 g/mol. The van der Waals surface area contributed by atoms with E-state index >= 15 is 0 Å². The number of hydrogen-bond donors (Lipinski definition) is 0. The summed E-state index contributed by atoms with van der Waals surface area (Å²) in [4.78, 5) is 0. The molecule has 0 N–H and O–H groups in total. The van der Waals surface area contributed by atoms with E-state index in [0.717, 1.165) is 11.4 Å². The molecule has 0 saturated carbocycles. The van der Waals surface area contributed by atoms with Gasteiger partial charge in [-0.2, -0.15) is 0 Å². The molecule has 42 heavy (non-hydrogen) atoms. The van der Waals surface area contributed by atoms with Gasteiger partial charge >= 0.3 is 26.2 Å². The van der Waals surface area contributed by atoms with Crippen LogP contribution in [0.1, 0.15) is 60.8 Å². The van der Waals surface area contributed by atoms with E-state index in [2.05, 4.69) is 85.1 Å². The van der Waals surface area contributed by atoms with E-state index in [1.807, 2.05) is 60.7 Å². The van der Waals surface area contributed by atoms with Crippen LogP contribution in [-0.4, -0.2) is 14.1 Å². The third kappa shape index (κ3) is 7.07. The Hall–Kier alpha value is -3.16. The van der Waals surface area contributed by atoms with Crippen LogP contribution in [0.25, 0.3) is 21.4 Å². The van der Waals surface area contributed by atoms with E-state index in [-0.39, 0.29) is 26.2 Å². The molecule has 2 nitrogen and oxygen atoms in total. The van der Waals surface area contributed by atoms with Gasteiger partial charge in [0, 0.05) is 0 Å². The first-order chi connectivity index (χ1) is 20.0. The largest absolute Gasteiger partial charge is 4.00 e. The molecule has 2 atom stereocenters. The van der Waals surface area contributed by atoms with Gasteiger partial charge in [0.15, 0.2) is 0 Å². The van der Waals surface area contributed by atoms with Crippen molar-refractivity contribution in [1.82, 2.24) is 0 Å². The minimum Gasteiger partial charge on any atom is -0.687 e. The molecule has 0 amide bonds. The van der Waals surface area contributed by atoms with Crippen LogP contribution < -0.4 is 0 Å². The minimum atomic E-state index is 0. The first-order valence-corrected chi connectivity index (χ1v) is 14.9. The van der Waals surface area contributed by atoms with Crippen molar-refractivity contribution in [2.75, 3.05) is 14.1 Å². The van der Waals surface area contributed by atoms with Crippen LogP contribution in [0.15, 0.2) is 121 Å². The van der Waals surface area contributed by atoms with Crippen molar-refractivity contribution >= 4 is 22.1 Å². The predicted molar refractivity (Wildman–Crippen MR) is 177 cm³/mol. The van der Waals surface area contributed by atoms with Crippen molar-refractivity contribution in [3.8, 4) is 0 Å². The molecular formula is C39H42N2Zr+2. The quantitative estimate of drug-likeness (QED) is 0.189. The summed E-state index contributed by atoms with van der Waals surface area (Å²) in [5.74, 6) is 1.34. The molecule has 0 radical (unpaired) electrons. The van der Waals surface area contributed by atoms with Crippen LogP contribution in [0, 0.1) is 5.41 Å². The molecule has 0 aliphatic heterocycles. The zero-order chi connectivity index (χ0) is 28.7. The van der Waals surface area contributed by atoms with E-state index in [0.29, 0.717) is 17.3 Å². The first-order valence-electron chi connectivity index (χ1n) is 14.9. The topological polar surface area (TPSA) is 28.2 Å². The van der Waals surface area contributed by atoms with E-state index in [1.54, 1.807) is 36.3 Å². The third-order valence-corrected chi connectivity index (χ3v) is 9.07. The van der Waals surface area contributed by atoms with Crippen LogP contribution in [-0.2, 0) is 39.0 Å². The van der Waals surface area contributed by atoms with Crippen LogP contribution in [0.2, 0.25) is 0 Å². The van der Waals surface area contributed by atoms with Gasteiger partial charge in [0.1, 0.15) is 0 Å². The van der Waals surface area contributed by atoms with Crippen molar-refractivity contribution in [3.05, 3.63) is 154 Å². The van der Waals surface area contributed by atoms with Gasteiger partial charge in [0.05, 0.1) is 0 Å². The fourth-order valence-corrected chi connectivity index (χ4v) is 6.89. The van der Waals surface area contributed by atoms with Crippen molar-refractivity contribution in [2.45, 2.75) is 51.4 Å². The number of para-hydroxylation sites is 2. The fraction of sp³-hybridized carbons (Fsp3) is 0.282. The molecule has 0 saturated heterocycles. The average molecular weight is 630 g/mol. The zero-order valence-corrected chi connectivity index (χ0v) is 27.9. The van der Waals surface area contributed by atoms with Crippen molar-refractivity contribution in [2.24, 2.45) is 5.41 Å². The fourth-order valence-electron chi connectivity index (χ4n) is 6.89. The summed E-state index contributed by atoms with van der Waals surface area (Å²) in [6.07, 6.45) is 5.10. The van der Waals surface area contributed by atoms with Gasteiger partial charge in [-0.15, -0.1) is 25.5 Å². The molecule has 5 aromatic rings. The maximum atomic E-state index is 3.97. The zero-order valence-electron chi connectivity index (χ0n) is 25.4. The molecule has 0 spiro atoms. The number of rotatable bonds is 4. The second kappa shape index (κ2) is 14.8. The maximum absolute atomic E-state index is 3.97.